The second kappa shape index (κ2) is 3.12. The molecule has 58 valence electrons. The van der Waals surface area contributed by atoms with Gasteiger partial charge >= 0.3 is 0 Å². The zero-order valence-electron chi connectivity index (χ0n) is 6.11. The summed E-state index contributed by atoms with van der Waals surface area (Å²) in [5, 5.41) is 8.27. The van der Waals surface area contributed by atoms with E-state index in [2.05, 4.69) is 0 Å². The van der Waals surface area contributed by atoms with Crippen molar-refractivity contribution in [1.82, 2.24) is 5.48 Å². The van der Waals surface area contributed by atoms with Gasteiger partial charge in [0.25, 0.3) is 5.91 Å². The predicted molar refractivity (Wildman–Crippen MR) is 36.9 cm³/mol. The summed E-state index contributed by atoms with van der Waals surface area (Å²) in [5.41, 5.74) is 1.98. The average molecular weight is 153 g/mol. The van der Waals surface area contributed by atoms with Crippen molar-refractivity contribution in [2.24, 2.45) is 7.05 Å². The van der Waals surface area contributed by atoms with Gasteiger partial charge in [0.1, 0.15) is 12.6 Å². The molecule has 0 aliphatic heterocycles. The van der Waals surface area contributed by atoms with Crippen LogP contribution in [0.1, 0.15) is 10.4 Å². The number of hydrogen-bond donors (Lipinski definition) is 2. The highest BCUT2D eigenvalue weighted by atomic mass is 16.5. The van der Waals surface area contributed by atoms with Crippen molar-refractivity contribution < 1.29 is 14.6 Å². The average Bonchev–Trinajstić information content (AvgIpc) is 2.03. The number of carbonyl (C=O) groups is 1. The summed E-state index contributed by atoms with van der Waals surface area (Å²) in [6.07, 6.45) is 3.42. The van der Waals surface area contributed by atoms with Crippen LogP contribution >= 0.6 is 0 Å². The summed E-state index contributed by atoms with van der Waals surface area (Å²) >= 11 is 0. The lowest BCUT2D eigenvalue weighted by Crippen LogP contribution is -2.30. The molecule has 0 aromatic carbocycles. The number of aryl methyl sites for hydroxylation is 1. The molecule has 0 unspecified atom stereocenters. The first kappa shape index (κ1) is 7.68. The third-order valence-corrected chi connectivity index (χ3v) is 1.30. The number of nitrogens with one attached hydrogen (secondary N) is 1. The fourth-order valence-corrected chi connectivity index (χ4v) is 0.787. The molecule has 0 aliphatic carbocycles. The third kappa shape index (κ3) is 1.75. The van der Waals surface area contributed by atoms with E-state index in [1.807, 2.05) is 0 Å². The number of aromatic nitrogens is 1. The molecule has 0 saturated carbocycles. The van der Waals surface area contributed by atoms with Crippen LogP contribution in [0, 0.1) is 0 Å². The van der Waals surface area contributed by atoms with Crippen molar-refractivity contribution in [3.8, 4) is 0 Å². The van der Waals surface area contributed by atoms with Gasteiger partial charge < -0.3 is 0 Å². The molecule has 0 fully saturated rings. The van der Waals surface area contributed by atoms with E-state index < -0.39 is 5.91 Å². The van der Waals surface area contributed by atoms with Gasteiger partial charge in [-0.3, -0.25) is 10.0 Å². The van der Waals surface area contributed by atoms with Crippen molar-refractivity contribution in [1.29, 1.82) is 0 Å². The Bertz CT molecular complexity index is 273. The van der Waals surface area contributed by atoms with Gasteiger partial charge in [0.2, 0.25) is 0 Å². The Kier molecular flexibility index (Phi) is 2.18. The van der Waals surface area contributed by atoms with E-state index in [0.717, 1.165) is 0 Å². The van der Waals surface area contributed by atoms with Crippen LogP contribution in [0.2, 0.25) is 0 Å². The molecule has 1 heterocycles. The second-order valence-corrected chi connectivity index (χ2v) is 2.20. The van der Waals surface area contributed by atoms with E-state index in [4.69, 9.17) is 5.21 Å². The molecule has 1 amide bonds. The number of pyridine rings is 1. The fraction of sp³-hybridized carbons (Fsp3) is 0.143. The quantitative estimate of drug-likeness (QED) is 0.328. The minimum Gasteiger partial charge on any atom is -0.288 e. The van der Waals surface area contributed by atoms with Gasteiger partial charge in [0.15, 0.2) is 12.4 Å². The molecular formula is C7H9N2O2+. The van der Waals surface area contributed by atoms with Gasteiger partial charge in [-0.05, 0) is 6.07 Å². The van der Waals surface area contributed by atoms with Crippen LogP contribution in [0.15, 0.2) is 24.5 Å². The van der Waals surface area contributed by atoms with E-state index in [1.165, 1.54) is 0 Å². The molecule has 1 aromatic heterocycles. The van der Waals surface area contributed by atoms with Crippen LogP contribution in [-0.4, -0.2) is 11.1 Å². The van der Waals surface area contributed by atoms with E-state index >= 15 is 0 Å². The number of nitrogens with zero attached hydrogens (tertiary/aromatic N) is 1. The summed E-state index contributed by atoms with van der Waals surface area (Å²) in [6, 6.07) is 3.34. The van der Waals surface area contributed by atoms with Gasteiger partial charge in [-0.15, -0.1) is 0 Å². The normalized spacial score (nSPS) is 9.27. The summed E-state index contributed by atoms with van der Waals surface area (Å²) < 4.78 is 1.73. The van der Waals surface area contributed by atoms with Crippen LogP contribution < -0.4 is 10.0 Å². The molecule has 11 heavy (non-hydrogen) atoms. The molecule has 0 spiro atoms. The first-order valence-electron chi connectivity index (χ1n) is 3.14. The molecule has 0 saturated heterocycles. The molecule has 4 nitrogen and oxygen atoms in total. The van der Waals surface area contributed by atoms with Crippen LogP contribution in [0.4, 0.5) is 0 Å². The summed E-state index contributed by atoms with van der Waals surface area (Å²) in [6.45, 7) is 0. The maximum absolute atomic E-state index is 10.8. The number of hydroxylamine groups is 1. The first-order chi connectivity index (χ1) is 5.24. The van der Waals surface area contributed by atoms with Crippen molar-refractivity contribution in [2.45, 2.75) is 0 Å². The van der Waals surface area contributed by atoms with Gasteiger partial charge in [0.05, 0.1) is 0 Å². The molecular weight excluding hydrogens is 144 g/mol. The monoisotopic (exact) mass is 153 g/mol. The van der Waals surface area contributed by atoms with Gasteiger partial charge in [0, 0.05) is 6.07 Å². The zero-order chi connectivity index (χ0) is 8.27. The minimum atomic E-state index is -0.499. The molecule has 1 aromatic rings. The number of carbonyl (C=O) groups excluding carboxylic acids is 1. The molecule has 0 radical (unpaired) electrons. The lowest BCUT2D eigenvalue weighted by Gasteiger charge is -1.94. The standard InChI is InChI=1S/C7H8N2O2/c1-9-4-2-3-6(5-9)7(10)8-11/h2-5H,1H3,(H-,8,10,11)/p+1. The Balaban J connectivity index is 2.96. The Hall–Kier alpha value is -1.42. The molecule has 1 rings (SSSR count). The smallest absolute Gasteiger partial charge is 0.280 e. The van der Waals surface area contributed by atoms with Crippen LogP contribution in [-0.2, 0) is 7.05 Å². The zero-order valence-corrected chi connectivity index (χ0v) is 6.11. The van der Waals surface area contributed by atoms with Crippen molar-refractivity contribution >= 4 is 5.91 Å². The first-order valence-corrected chi connectivity index (χ1v) is 3.14. The molecule has 4 heteroatoms. The predicted octanol–water partition coefficient (Wildman–Crippen LogP) is -0.370. The highest BCUT2D eigenvalue weighted by Crippen LogP contribution is 1.91. The third-order valence-electron chi connectivity index (χ3n) is 1.30. The van der Waals surface area contributed by atoms with E-state index in [0.29, 0.717) is 5.56 Å². The van der Waals surface area contributed by atoms with E-state index in [1.54, 1.807) is 41.6 Å². The summed E-state index contributed by atoms with van der Waals surface area (Å²) in [4.78, 5) is 10.8. The summed E-state index contributed by atoms with van der Waals surface area (Å²) in [5.74, 6) is -0.499. The van der Waals surface area contributed by atoms with Gasteiger partial charge in [-0.2, -0.15) is 0 Å². The number of amides is 1. The second-order valence-electron chi connectivity index (χ2n) is 2.20. The molecule has 0 aliphatic rings. The van der Waals surface area contributed by atoms with Crippen LogP contribution in [0.5, 0.6) is 0 Å². The van der Waals surface area contributed by atoms with E-state index in [9.17, 15) is 4.79 Å². The van der Waals surface area contributed by atoms with Gasteiger partial charge in [-0.1, -0.05) is 0 Å². The maximum atomic E-state index is 10.8. The molecule has 0 bridgehead atoms. The fourth-order valence-electron chi connectivity index (χ4n) is 0.787. The van der Waals surface area contributed by atoms with Crippen LogP contribution in [0.25, 0.3) is 0 Å². The minimum absolute atomic E-state index is 0.428. The Morgan fingerprint density at radius 3 is 3.00 bits per heavy atom. The van der Waals surface area contributed by atoms with Crippen molar-refractivity contribution in [3.63, 3.8) is 0 Å². The highest BCUT2D eigenvalue weighted by molar-refractivity contribution is 5.92. The Labute approximate surface area is 64.1 Å². The number of hydrogen-bond acceptors (Lipinski definition) is 2. The Morgan fingerprint density at radius 1 is 1.73 bits per heavy atom. The van der Waals surface area contributed by atoms with E-state index in [-0.39, 0.29) is 0 Å². The lowest BCUT2D eigenvalue weighted by molar-refractivity contribution is -0.671. The SMILES string of the molecule is C[n+]1cccc(C(=O)NO)c1. The largest absolute Gasteiger partial charge is 0.288 e. The lowest BCUT2D eigenvalue weighted by atomic mass is 10.3. The maximum Gasteiger partial charge on any atom is 0.280 e. The van der Waals surface area contributed by atoms with Gasteiger partial charge in [-0.25, -0.2) is 10.0 Å². The molecule has 2 N–H and O–H groups in total. The Morgan fingerprint density at radius 2 is 2.45 bits per heavy atom. The summed E-state index contributed by atoms with van der Waals surface area (Å²) in [7, 11) is 1.80. The van der Waals surface area contributed by atoms with Crippen molar-refractivity contribution in [2.75, 3.05) is 0 Å². The van der Waals surface area contributed by atoms with Crippen molar-refractivity contribution in [3.05, 3.63) is 30.1 Å². The van der Waals surface area contributed by atoms with Crippen LogP contribution in [0.3, 0.4) is 0 Å². The molecule has 0 atom stereocenters. The topological polar surface area (TPSA) is 53.2 Å². The highest BCUT2D eigenvalue weighted by Gasteiger charge is 2.05. The number of rotatable bonds is 1.